The van der Waals surface area contributed by atoms with E-state index in [4.69, 9.17) is 0 Å². The molecule has 3 rings (SSSR count). The van der Waals surface area contributed by atoms with E-state index in [2.05, 4.69) is 0 Å². The molecular weight excluding hydrogens is 318 g/mol. The summed E-state index contributed by atoms with van der Waals surface area (Å²) in [4.78, 5) is 12.1. The number of likely N-dealkylation sites (tertiary alicyclic amines) is 1. The second-order valence-corrected chi connectivity index (χ2v) is 5.92. The number of benzene rings is 2. The lowest BCUT2D eigenvalue weighted by atomic mass is 10.0. The molecule has 5 nitrogen and oxygen atoms in total. The molecule has 1 aliphatic heterocycles. The van der Waals surface area contributed by atoms with Gasteiger partial charge in [0.15, 0.2) is 0 Å². The van der Waals surface area contributed by atoms with Crippen molar-refractivity contribution in [2.24, 2.45) is 0 Å². The average Bonchev–Trinajstić information content (AvgIpc) is 2.90. The zero-order valence-corrected chi connectivity index (χ0v) is 12.7. The molecule has 0 aliphatic carbocycles. The van der Waals surface area contributed by atoms with Gasteiger partial charge < -0.3 is 5.11 Å². The van der Waals surface area contributed by atoms with Crippen molar-refractivity contribution in [3.8, 4) is 0 Å². The van der Waals surface area contributed by atoms with Crippen molar-refractivity contribution < 1.29 is 18.8 Å². The summed E-state index contributed by atoms with van der Waals surface area (Å²) >= 11 is 0. The lowest BCUT2D eigenvalue weighted by Gasteiger charge is -2.25. The quantitative estimate of drug-likeness (QED) is 0.689. The number of nitro groups is 1. The summed E-state index contributed by atoms with van der Waals surface area (Å²) in [5, 5.41) is 20.6. The number of nitrogens with zero attached hydrogens (tertiary/aromatic N) is 2. The minimum Gasteiger partial charge on any atom is -0.392 e. The zero-order valence-electron chi connectivity index (χ0n) is 12.7. The molecule has 2 aromatic carbocycles. The number of aliphatic hydroxyl groups excluding tert-OH is 1. The molecule has 1 fully saturated rings. The van der Waals surface area contributed by atoms with E-state index in [9.17, 15) is 24.0 Å². The third-order valence-corrected chi connectivity index (χ3v) is 4.23. The summed E-state index contributed by atoms with van der Waals surface area (Å²) in [6, 6.07) is 8.92. The normalized spacial score (nSPS) is 21.1. The van der Waals surface area contributed by atoms with Crippen LogP contribution in [0.4, 0.5) is 14.5 Å². The van der Waals surface area contributed by atoms with E-state index in [1.807, 2.05) is 4.90 Å². The smallest absolute Gasteiger partial charge is 0.269 e. The largest absolute Gasteiger partial charge is 0.392 e. The monoisotopic (exact) mass is 334 g/mol. The number of rotatable bonds is 4. The van der Waals surface area contributed by atoms with E-state index in [1.54, 1.807) is 12.1 Å². The molecule has 0 spiro atoms. The molecule has 7 heteroatoms. The van der Waals surface area contributed by atoms with Gasteiger partial charge in [-0.05, 0) is 30.2 Å². The minimum absolute atomic E-state index is 0.00654. The topological polar surface area (TPSA) is 66.6 Å². The number of hydrogen-bond acceptors (Lipinski definition) is 4. The van der Waals surface area contributed by atoms with Crippen LogP contribution in [-0.4, -0.2) is 27.6 Å². The van der Waals surface area contributed by atoms with Crippen LogP contribution < -0.4 is 0 Å². The molecule has 2 aromatic rings. The molecule has 24 heavy (non-hydrogen) atoms. The third kappa shape index (κ3) is 3.42. The SMILES string of the molecule is O=[N+]([O-])c1ccc(CN2CC(O)CC2c2cc(F)ccc2F)cc1. The standard InChI is InChI=1S/C17H16F2N2O3/c18-12-3-6-16(19)15(7-12)17-8-14(22)10-20(17)9-11-1-4-13(5-2-11)21(23)24/h1-7,14,17,22H,8-10H2. The molecule has 1 heterocycles. The zero-order chi connectivity index (χ0) is 17.3. The van der Waals surface area contributed by atoms with Gasteiger partial charge in [-0.25, -0.2) is 8.78 Å². The maximum Gasteiger partial charge on any atom is 0.269 e. The van der Waals surface area contributed by atoms with Gasteiger partial charge in [0.05, 0.1) is 11.0 Å². The van der Waals surface area contributed by atoms with Gasteiger partial charge in [0.25, 0.3) is 5.69 Å². The van der Waals surface area contributed by atoms with Crippen molar-refractivity contribution in [3.63, 3.8) is 0 Å². The lowest BCUT2D eigenvalue weighted by molar-refractivity contribution is -0.384. The highest BCUT2D eigenvalue weighted by Gasteiger charge is 2.33. The maximum atomic E-state index is 14.1. The minimum atomic E-state index is -0.629. The highest BCUT2D eigenvalue weighted by atomic mass is 19.1. The fourth-order valence-electron chi connectivity index (χ4n) is 3.11. The van der Waals surface area contributed by atoms with Crippen molar-refractivity contribution in [1.29, 1.82) is 0 Å². The van der Waals surface area contributed by atoms with Gasteiger partial charge >= 0.3 is 0 Å². The number of nitro benzene ring substituents is 1. The van der Waals surface area contributed by atoms with Crippen LogP contribution in [-0.2, 0) is 6.54 Å². The van der Waals surface area contributed by atoms with Crippen LogP contribution >= 0.6 is 0 Å². The summed E-state index contributed by atoms with van der Waals surface area (Å²) in [6.45, 7) is 0.716. The molecule has 1 N–H and O–H groups in total. The van der Waals surface area contributed by atoms with Gasteiger partial charge in [0, 0.05) is 36.8 Å². The van der Waals surface area contributed by atoms with Gasteiger partial charge in [0.2, 0.25) is 0 Å². The molecule has 126 valence electrons. The van der Waals surface area contributed by atoms with Crippen LogP contribution in [0.25, 0.3) is 0 Å². The highest BCUT2D eigenvalue weighted by Crippen LogP contribution is 2.35. The van der Waals surface area contributed by atoms with Crippen LogP contribution in [0.15, 0.2) is 42.5 Å². The summed E-state index contributed by atoms with van der Waals surface area (Å²) in [6.07, 6.45) is -0.316. The Kier molecular flexibility index (Phi) is 4.55. The number of non-ortho nitro benzene ring substituents is 1. The van der Waals surface area contributed by atoms with Crippen LogP contribution in [0, 0.1) is 21.7 Å². The molecule has 0 saturated carbocycles. The first-order valence-corrected chi connectivity index (χ1v) is 7.54. The molecule has 0 radical (unpaired) electrons. The Labute approximate surface area is 137 Å². The maximum absolute atomic E-state index is 14.1. The van der Waals surface area contributed by atoms with Gasteiger partial charge in [-0.1, -0.05) is 12.1 Å². The molecule has 1 saturated heterocycles. The first-order valence-electron chi connectivity index (χ1n) is 7.54. The van der Waals surface area contributed by atoms with Gasteiger partial charge in [-0.2, -0.15) is 0 Å². The Morgan fingerprint density at radius 2 is 1.92 bits per heavy atom. The second-order valence-electron chi connectivity index (χ2n) is 5.92. The Morgan fingerprint density at radius 1 is 1.21 bits per heavy atom. The highest BCUT2D eigenvalue weighted by molar-refractivity contribution is 5.33. The van der Waals surface area contributed by atoms with E-state index < -0.39 is 28.7 Å². The number of halogens is 2. The summed E-state index contributed by atoms with van der Waals surface area (Å²) in [7, 11) is 0. The van der Waals surface area contributed by atoms with Crippen LogP contribution in [0.5, 0.6) is 0 Å². The summed E-state index contributed by atoms with van der Waals surface area (Å²) < 4.78 is 27.5. The lowest BCUT2D eigenvalue weighted by Crippen LogP contribution is -2.25. The second kappa shape index (κ2) is 6.62. The van der Waals surface area contributed by atoms with Crippen molar-refractivity contribution >= 4 is 5.69 Å². The number of β-amino-alcohol motifs (C(OH)–C–C–N with tert-alkyl or cyclic N) is 1. The molecule has 2 unspecified atom stereocenters. The molecule has 0 aromatic heterocycles. The van der Waals surface area contributed by atoms with Gasteiger partial charge in [-0.15, -0.1) is 0 Å². The fourth-order valence-corrected chi connectivity index (χ4v) is 3.11. The Balaban J connectivity index is 1.83. The molecule has 0 bridgehead atoms. The van der Waals surface area contributed by atoms with Crippen LogP contribution in [0.1, 0.15) is 23.6 Å². The van der Waals surface area contributed by atoms with Crippen molar-refractivity contribution in [2.75, 3.05) is 6.54 Å². The summed E-state index contributed by atoms with van der Waals surface area (Å²) in [5.41, 5.74) is 1.01. The van der Waals surface area contributed by atoms with Crippen molar-refractivity contribution in [1.82, 2.24) is 4.90 Å². The van der Waals surface area contributed by atoms with E-state index in [0.29, 0.717) is 19.5 Å². The van der Waals surface area contributed by atoms with Crippen LogP contribution in [0.2, 0.25) is 0 Å². The van der Waals surface area contributed by atoms with E-state index in [0.717, 1.165) is 23.8 Å². The summed E-state index contributed by atoms with van der Waals surface area (Å²) in [5.74, 6) is -1.03. The Morgan fingerprint density at radius 3 is 2.58 bits per heavy atom. The first kappa shape index (κ1) is 16.5. The molecule has 2 atom stereocenters. The molecule has 1 aliphatic rings. The average molecular weight is 334 g/mol. The number of hydrogen-bond donors (Lipinski definition) is 1. The van der Waals surface area contributed by atoms with E-state index >= 15 is 0 Å². The molecular formula is C17H16F2N2O3. The number of aliphatic hydroxyl groups is 1. The van der Waals surface area contributed by atoms with Gasteiger partial charge in [0.1, 0.15) is 11.6 Å². The molecule has 0 amide bonds. The van der Waals surface area contributed by atoms with Crippen molar-refractivity contribution in [3.05, 3.63) is 75.3 Å². The van der Waals surface area contributed by atoms with Crippen LogP contribution in [0.3, 0.4) is 0 Å². The predicted octanol–water partition coefficient (Wildman–Crippen LogP) is 3.18. The Bertz CT molecular complexity index is 752. The van der Waals surface area contributed by atoms with E-state index in [-0.39, 0.29) is 11.3 Å². The van der Waals surface area contributed by atoms with Crippen molar-refractivity contribution in [2.45, 2.75) is 25.1 Å². The predicted molar refractivity (Wildman–Crippen MR) is 83.2 cm³/mol. The van der Waals surface area contributed by atoms with Gasteiger partial charge in [-0.3, -0.25) is 15.0 Å². The first-order chi connectivity index (χ1) is 11.4. The van der Waals surface area contributed by atoms with E-state index in [1.165, 1.54) is 12.1 Å². The fraction of sp³-hybridized carbons (Fsp3) is 0.294. The third-order valence-electron chi connectivity index (χ3n) is 4.23. The Hall–Kier alpha value is -2.38.